The number of unbranched alkanes of at least 4 members (excludes halogenated alkanes) is 21. The average molecular weight is 1080 g/mol. The van der Waals surface area contributed by atoms with Crippen LogP contribution >= 0.6 is 0 Å². The molecule has 0 bridgehead atoms. The van der Waals surface area contributed by atoms with Gasteiger partial charge in [-0.3, -0.25) is 14.5 Å². The van der Waals surface area contributed by atoms with Gasteiger partial charge in [-0.05, 0) is 102 Å². The summed E-state index contributed by atoms with van der Waals surface area (Å²) in [7, 11) is 2.08. The second-order valence-corrected chi connectivity index (χ2v) is 22.3. The first-order chi connectivity index (χ1) is 37.1. The highest BCUT2D eigenvalue weighted by Crippen LogP contribution is 2.21. The molecule has 0 fully saturated rings. The molecule has 0 aromatic heterocycles. The molecule has 76 heavy (non-hydrogen) atoms. The molecule has 13 heteroatoms. The minimum atomic E-state index is -0.296. The number of likely N-dealkylation sites (N-methyl/N-ethyl adjacent to an activating group) is 1. The molecule has 0 aliphatic rings. The Balaban J connectivity index is 5.44. The molecule has 2 amide bonds. The van der Waals surface area contributed by atoms with E-state index in [1.165, 1.54) is 89.9 Å². The zero-order chi connectivity index (χ0) is 56.0. The first-order valence-electron chi connectivity index (χ1n) is 32.2. The van der Waals surface area contributed by atoms with Gasteiger partial charge in [0.25, 0.3) is 0 Å². The molecule has 0 aliphatic heterocycles. The van der Waals surface area contributed by atoms with Crippen LogP contribution in [0.3, 0.4) is 0 Å². The second kappa shape index (κ2) is 55.7. The molecule has 0 aliphatic carbocycles. The van der Waals surface area contributed by atoms with Crippen molar-refractivity contribution < 1.29 is 43.2 Å². The molecule has 13 nitrogen and oxygen atoms in total. The van der Waals surface area contributed by atoms with Gasteiger partial charge in [-0.2, -0.15) is 0 Å². The van der Waals surface area contributed by atoms with Crippen LogP contribution in [0.4, 0.5) is 9.59 Å². The van der Waals surface area contributed by atoms with E-state index in [1.54, 1.807) is 0 Å². The van der Waals surface area contributed by atoms with E-state index in [1.807, 2.05) is 9.80 Å². The van der Waals surface area contributed by atoms with Crippen LogP contribution in [0.15, 0.2) is 0 Å². The van der Waals surface area contributed by atoms with Crippen LogP contribution in [-0.4, -0.2) is 148 Å². The molecule has 0 saturated heterocycles. The van der Waals surface area contributed by atoms with Crippen LogP contribution < -0.4 is 0 Å². The summed E-state index contributed by atoms with van der Waals surface area (Å²) in [5.41, 5.74) is 0. The molecule has 0 aromatic carbocycles. The van der Waals surface area contributed by atoms with Crippen molar-refractivity contribution in [3.8, 4) is 0 Å². The molecular weight excluding hydrogens is 957 g/mol. The Morgan fingerprint density at radius 3 is 1.04 bits per heavy atom. The Labute approximate surface area is 468 Å². The summed E-state index contributed by atoms with van der Waals surface area (Å²) < 4.78 is 23.5. The summed E-state index contributed by atoms with van der Waals surface area (Å²) in [6.07, 6.45) is 36.8. The van der Waals surface area contributed by atoms with Gasteiger partial charge in [-0.1, -0.05) is 183 Å². The number of aliphatic hydroxyl groups is 1. The van der Waals surface area contributed by atoms with Gasteiger partial charge in [0, 0.05) is 71.8 Å². The molecule has 0 atom stereocenters. The van der Waals surface area contributed by atoms with Gasteiger partial charge in [0.2, 0.25) is 0 Å². The number of rotatable bonds is 57. The number of hydrogen-bond donors (Lipinski definition) is 1. The largest absolute Gasteiger partial charge is 0.465 e. The minimum Gasteiger partial charge on any atom is -0.465 e. The van der Waals surface area contributed by atoms with Gasteiger partial charge in [-0.15, -0.1) is 0 Å². The number of hydrogen-bond acceptors (Lipinski definition) is 11. The summed E-state index contributed by atoms with van der Waals surface area (Å²) >= 11 is 0. The summed E-state index contributed by atoms with van der Waals surface area (Å²) in [6.45, 7) is 20.9. The van der Waals surface area contributed by atoms with Crippen molar-refractivity contribution in [2.24, 2.45) is 11.8 Å². The summed E-state index contributed by atoms with van der Waals surface area (Å²) in [5.74, 6) is 0.702. The fourth-order valence-electron chi connectivity index (χ4n) is 9.78. The SMILES string of the molecule is CCCCCCCN(CCCCCC(=O)OCC(CCCCC)CCCCC)C(=O)OCCN(CCOC(=O)N(CCCCCCC)CCCCCC(=O)OCC(CCCCC)CCCCC)CCN(C)CCCCO. The van der Waals surface area contributed by atoms with Gasteiger partial charge in [-0.25, -0.2) is 9.59 Å². The zero-order valence-corrected chi connectivity index (χ0v) is 51.0. The number of carbonyl (C=O) groups excluding carboxylic acids is 4. The van der Waals surface area contributed by atoms with E-state index in [-0.39, 0.29) is 43.9 Å². The molecule has 0 heterocycles. The van der Waals surface area contributed by atoms with Crippen LogP contribution in [0, 0.1) is 11.8 Å². The first-order valence-corrected chi connectivity index (χ1v) is 32.2. The lowest BCUT2D eigenvalue weighted by atomic mass is 9.96. The average Bonchev–Trinajstić information content (AvgIpc) is 3.41. The Hall–Kier alpha value is -2.64. The predicted molar refractivity (Wildman–Crippen MR) is 316 cm³/mol. The van der Waals surface area contributed by atoms with Crippen LogP contribution in [0.5, 0.6) is 0 Å². The van der Waals surface area contributed by atoms with E-state index in [2.05, 4.69) is 58.4 Å². The Morgan fingerprint density at radius 1 is 0.355 bits per heavy atom. The van der Waals surface area contributed by atoms with Crippen LogP contribution in [0.2, 0.25) is 0 Å². The maximum Gasteiger partial charge on any atom is 0.409 e. The summed E-state index contributed by atoms with van der Waals surface area (Å²) in [4.78, 5) is 61.0. The lowest BCUT2D eigenvalue weighted by Crippen LogP contribution is -2.40. The van der Waals surface area contributed by atoms with Crippen molar-refractivity contribution in [3.05, 3.63) is 0 Å². The van der Waals surface area contributed by atoms with Crippen molar-refractivity contribution >= 4 is 24.1 Å². The normalized spacial score (nSPS) is 11.6. The second-order valence-electron chi connectivity index (χ2n) is 22.3. The highest BCUT2D eigenvalue weighted by Gasteiger charge is 2.20. The Bertz CT molecular complexity index is 1200. The van der Waals surface area contributed by atoms with Gasteiger partial charge in [0.15, 0.2) is 0 Å². The maximum absolute atomic E-state index is 13.7. The number of amides is 2. The van der Waals surface area contributed by atoms with E-state index in [0.717, 1.165) is 142 Å². The number of ether oxygens (including phenoxy) is 4. The minimum absolute atomic E-state index is 0.106. The predicted octanol–water partition coefficient (Wildman–Crippen LogP) is 15.6. The summed E-state index contributed by atoms with van der Waals surface area (Å²) in [5, 5.41) is 9.33. The smallest absolute Gasteiger partial charge is 0.409 e. The van der Waals surface area contributed by atoms with Crippen molar-refractivity contribution in [3.63, 3.8) is 0 Å². The monoisotopic (exact) mass is 1080 g/mol. The third-order valence-electron chi connectivity index (χ3n) is 15.0. The molecular formula is C63H124N4O9. The van der Waals surface area contributed by atoms with Crippen LogP contribution in [0.25, 0.3) is 0 Å². The highest BCUT2D eigenvalue weighted by atomic mass is 16.6. The molecule has 0 rings (SSSR count). The standard InChI is InChI=1S/C63H124N4O9/c1-8-14-20-22-32-45-66(47-34-24-30-42-60(69)75-56-58(38-26-16-10-3)39-27-17-11-4)62(71)73-54-51-65(50-49-64(7)44-36-37-53-68)52-55-74-63(72)67(46-33-23-21-15-9-2)48-35-25-31-43-61(70)76-57-59(40-28-18-12-5)41-29-19-13-6/h58-59,68H,8-57H2,1-7H3. The van der Waals surface area contributed by atoms with Gasteiger partial charge < -0.3 is 38.8 Å². The Kier molecular flexibility index (Phi) is 53.7. The van der Waals surface area contributed by atoms with Crippen molar-refractivity contribution in [2.75, 3.05) is 99.0 Å². The molecule has 0 radical (unpaired) electrons. The Morgan fingerprint density at radius 2 is 0.684 bits per heavy atom. The van der Waals surface area contributed by atoms with E-state index in [4.69, 9.17) is 18.9 Å². The van der Waals surface area contributed by atoms with Crippen LogP contribution in [-0.2, 0) is 28.5 Å². The fourth-order valence-corrected chi connectivity index (χ4v) is 9.78. The third kappa shape index (κ3) is 46.3. The molecule has 0 unspecified atom stereocenters. The van der Waals surface area contributed by atoms with E-state index in [9.17, 15) is 24.3 Å². The lowest BCUT2D eigenvalue weighted by Gasteiger charge is -2.27. The number of nitrogens with zero attached hydrogens (tertiary/aromatic N) is 4. The fraction of sp³-hybridized carbons (Fsp3) is 0.937. The van der Waals surface area contributed by atoms with Gasteiger partial charge >= 0.3 is 24.1 Å². The maximum atomic E-state index is 13.7. The van der Waals surface area contributed by atoms with E-state index >= 15 is 0 Å². The third-order valence-corrected chi connectivity index (χ3v) is 15.0. The first kappa shape index (κ1) is 73.4. The van der Waals surface area contributed by atoms with Gasteiger partial charge in [0.1, 0.15) is 13.2 Å². The molecule has 0 spiro atoms. The lowest BCUT2D eigenvalue weighted by molar-refractivity contribution is -0.146. The molecule has 450 valence electrons. The summed E-state index contributed by atoms with van der Waals surface area (Å²) in [6, 6.07) is 0. The number of esters is 2. The van der Waals surface area contributed by atoms with Crippen LogP contribution in [0.1, 0.15) is 273 Å². The number of aliphatic hydroxyl groups excluding tert-OH is 1. The van der Waals surface area contributed by atoms with E-state index in [0.29, 0.717) is 83.7 Å². The zero-order valence-electron chi connectivity index (χ0n) is 51.0. The molecule has 1 N–H and O–H groups in total. The van der Waals surface area contributed by atoms with Crippen molar-refractivity contribution in [1.82, 2.24) is 19.6 Å². The topological polar surface area (TPSA) is 138 Å². The van der Waals surface area contributed by atoms with E-state index < -0.39 is 0 Å². The van der Waals surface area contributed by atoms with Crippen molar-refractivity contribution in [2.45, 2.75) is 273 Å². The van der Waals surface area contributed by atoms with Gasteiger partial charge in [0.05, 0.1) is 13.2 Å². The molecule has 0 saturated carbocycles. The number of carbonyl (C=O) groups is 4. The molecule has 0 aromatic rings. The highest BCUT2D eigenvalue weighted by molar-refractivity contribution is 5.70. The van der Waals surface area contributed by atoms with Crippen molar-refractivity contribution in [1.29, 1.82) is 0 Å². The quantitative estimate of drug-likeness (QED) is 0.0354.